The van der Waals surface area contributed by atoms with E-state index in [1.807, 2.05) is 11.1 Å². The van der Waals surface area contributed by atoms with Crippen molar-refractivity contribution in [2.24, 2.45) is 0 Å². The van der Waals surface area contributed by atoms with Gasteiger partial charge in [-0.05, 0) is 25.7 Å². The number of rotatable bonds is 2. The van der Waals surface area contributed by atoms with Crippen molar-refractivity contribution in [3.05, 3.63) is 18.2 Å². The highest BCUT2D eigenvalue weighted by molar-refractivity contribution is 5.74. The minimum Gasteiger partial charge on any atom is -0.351 e. The van der Waals surface area contributed by atoms with Crippen LogP contribution in [0, 0.1) is 0 Å². The molecule has 2 heterocycles. The van der Waals surface area contributed by atoms with Gasteiger partial charge in [-0.25, -0.2) is 9.78 Å². The quantitative estimate of drug-likeness (QED) is 0.872. The molecule has 20 heavy (non-hydrogen) atoms. The van der Waals surface area contributed by atoms with Gasteiger partial charge in [-0.3, -0.25) is 0 Å². The Labute approximate surface area is 120 Å². The number of aromatic nitrogens is 2. The number of hydrogen-bond donors (Lipinski definition) is 2. The third-order valence-corrected chi connectivity index (χ3v) is 4.65. The fourth-order valence-corrected chi connectivity index (χ4v) is 3.39. The molecule has 0 radical (unpaired) electrons. The van der Waals surface area contributed by atoms with E-state index < -0.39 is 0 Å². The van der Waals surface area contributed by atoms with Gasteiger partial charge in [0.1, 0.15) is 0 Å². The van der Waals surface area contributed by atoms with Crippen molar-refractivity contribution in [2.75, 3.05) is 13.1 Å². The fourth-order valence-electron chi connectivity index (χ4n) is 3.39. The van der Waals surface area contributed by atoms with E-state index in [4.69, 9.17) is 0 Å². The predicted molar refractivity (Wildman–Crippen MR) is 77.5 cm³/mol. The van der Waals surface area contributed by atoms with Crippen molar-refractivity contribution in [1.29, 1.82) is 0 Å². The van der Waals surface area contributed by atoms with Gasteiger partial charge in [-0.15, -0.1) is 0 Å². The second-order valence-corrected chi connectivity index (χ2v) is 6.04. The molecular formula is C15H24N4O. The maximum atomic E-state index is 12.3. The topological polar surface area (TPSA) is 61.0 Å². The third-order valence-electron chi connectivity index (χ3n) is 4.65. The summed E-state index contributed by atoms with van der Waals surface area (Å²) in [5, 5.41) is 3.20. The summed E-state index contributed by atoms with van der Waals surface area (Å²) in [7, 11) is 0. The Morgan fingerprint density at radius 1 is 1.20 bits per heavy atom. The Morgan fingerprint density at radius 2 is 1.95 bits per heavy atom. The molecular weight excluding hydrogens is 252 g/mol. The molecule has 0 bridgehead atoms. The molecule has 0 unspecified atom stereocenters. The first-order valence-electron chi connectivity index (χ1n) is 7.87. The van der Waals surface area contributed by atoms with E-state index in [1.54, 1.807) is 6.33 Å². The minimum absolute atomic E-state index is 0.136. The number of aromatic amines is 1. The first-order valence-corrected chi connectivity index (χ1v) is 7.87. The lowest BCUT2D eigenvalue weighted by Gasteiger charge is -2.33. The van der Waals surface area contributed by atoms with E-state index in [9.17, 15) is 4.79 Å². The van der Waals surface area contributed by atoms with Crippen molar-refractivity contribution in [3.63, 3.8) is 0 Å². The smallest absolute Gasteiger partial charge is 0.317 e. The number of imidazole rings is 1. The summed E-state index contributed by atoms with van der Waals surface area (Å²) in [5.41, 5.74) is 1.14. The number of likely N-dealkylation sites (tertiary alicyclic amines) is 1. The number of piperidine rings is 1. The van der Waals surface area contributed by atoms with E-state index in [0.29, 0.717) is 12.0 Å². The van der Waals surface area contributed by atoms with Crippen LogP contribution in [0.4, 0.5) is 4.79 Å². The number of urea groups is 1. The third kappa shape index (κ3) is 3.14. The number of amides is 2. The Hall–Kier alpha value is -1.52. The van der Waals surface area contributed by atoms with Gasteiger partial charge in [0.2, 0.25) is 0 Å². The SMILES string of the molecule is O=C(NC1CCCCC1)N1CCC(c2c[nH]cn2)CC1. The van der Waals surface area contributed by atoms with Gasteiger partial charge in [-0.2, -0.15) is 0 Å². The van der Waals surface area contributed by atoms with Crippen LogP contribution in [0.2, 0.25) is 0 Å². The highest BCUT2D eigenvalue weighted by Gasteiger charge is 2.26. The monoisotopic (exact) mass is 276 g/mol. The minimum atomic E-state index is 0.136. The summed E-state index contributed by atoms with van der Waals surface area (Å²) in [4.78, 5) is 21.6. The molecule has 2 aliphatic rings. The largest absolute Gasteiger partial charge is 0.351 e. The van der Waals surface area contributed by atoms with Crippen LogP contribution in [-0.2, 0) is 0 Å². The molecule has 5 heteroatoms. The van der Waals surface area contributed by atoms with Gasteiger partial charge >= 0.3 is 6.03 Å². The van der Waals surface area contributed by atoms with Crippen LogP contribution in [0.15, 0.2) is 12.5 Å². The number of H-pyrrole nitrogens is 1. The van der Waals surface area contributed by atoms with Crippen LogP contribution >= 0.6 is 0 Å². The fraction of sp³-hybridized carbons (Fsp3) is 0.733. The zero-order chi connectivity index (χ0) is 13.8. The van der Waals surface area contributed by atoms with Crippen molar-refractivity contribution in [2.45, 2.75) is 56.9 Å². The van der Waals surface area contributed by atoms with Crippen LogP contribution < -0.4 is 5.32 Å². The molecule has 1 aromatic rings. The number of nitrogens with one attached hydrogen (secondary N) is 2. The highest BCUT2D eigenvalue weighted by atomic mass is 16.2. The summed E-state index contributed by atoms with van der Waals surface area (Å²) in [6.07, 6.45) is 11.9. The molecule has 2 N–H and O–H groups in total. The van der Waals surface area contributed by atoms with Gasteiger partial charge in [0, 0.05) is 31.2 Å². The Morgan fingerprint density at radius 3 is 2.60 bits per heavy atom. The molecule has 5 nitrogen and oxygen atoms in total. The second-order valence-electron chi connectivity index (χ2n) is 6.04. The Kier molecular flexibility index (Phi) is 4.23. The van der Waals surface area contributed by atoms with Gasteiger partial charge in [0.25, 0.3) is 0 Å². The summed E-state index contributed by atoms with van der Waals surface area (Å²) >= 11 is 0. The first kappa shape index (κ1) is 13.5. The van der Waals surface area contributed by atoms with Gasteiger partial charge in [-0.1, -0.05) is 19.3 Å². The van der Waals surface area contributed by atoms with E-state index in [1.165, 1.54) is 19.3 Å². The van der Waals surface area contributed by atoms with E-state index in [2.05, 4.69) is 15.3 Å². The van der Waals surface area contributed by atoms with Crippen molar-refractivity contribution < 1.29 is 4.79 Å². The zero-order valence-corrected chi connectivity index (χ0v) is 12.0. The van der Waals surface area contributed by atoms with Crippen molar-refractivity contribution in [3.8, 4) is 0 Å². The maximum Gasteiger partial charge on any atom is 0.317 e. The molecule has 0 atom stereocenters. The van der Waals surface area contributed by atoms with Gasteiger partial charge in [0.15, 0.2) is 0 Å². The lowest BCUT2D eigenvalue weighted by Crippen LogP contribution is -2.48. The molecule has 2 amide bonds. The molecule has 1 aliphatic carbocycles. The highest BCUT2D eigenvalue weighted by Crippen LogP contribution is 2.26. The zero-order valence-electron chi connectivity index (χ0n) is 12.0. The number of carbonyl (C=O) groups excluding carboxylic acids is 1. The predicted octanol–water partition coefficient (Wildman–Crippen LogP) is 2.63. The lowest BCUT2D eigenvalue weighted by atomic mass is 9.94. The van der Waals surface area contributed by atoms with E-state index >= 15 is 0 Å². The Bertz CT molecular complexity index is 417. The van der Waals surface area contributed by atoms with Crippen LogP contribution in [-0.4, -0.2) is 40.0 Å². The molecule has 0 spiro atoms. The summed E-state index contributed by atoms with van der Waals surface area (Å²) in [6.45, 7) is 1.69. The molecule has 1 aromatic heterocycles. The second kappa shape index (κ2) is 6.29. The van der Waals surface area contributed by atoms with E-state index in [0.717, 1.165) is 44.5 Å². The van der Waals surface area contributed by atoms with E-state index in [-0.39, 0.29) is 6.03 Å². The molecule has 1 saturated heterocycles. The summed E-state index contributed by atoms with van der Waals surface area (Å²) < 4.78 is 0. The number of hydrogen-bond acceptors (Lipinski definition) is 2. The number of carbonyl (C=O) groups is 1. The molecule has 1 saturated carbocycles. The van der Waals surface area contributed by atoms with Crippen LogP contribution in [0.5, 0.6) is 0 Å². The molecule has 110 valence electrons. The van der Waals surface area contributed by atoms with Gasteiger partial charge in [0.05, 0.1) is 12.0 Å². The average Bonchev–Trinajstić information content (AvgIpc) is 3.03. The van der Waals surface area contributed by atoms with Crippen molar-refractivity contribution in [1.82, 2.24) is 20.2 Å². The summed E-state index contributed by atoms with van der Waals surface area (Å²) in [5.74, 6) is 0.500. The van der Waals surface area contributed by atoms with Crippen LogP contribution in [0.1, 0.15) is 56.6 Å². The number of nitrogens with zero attached hydrogens (tertiary/aromatic N) is 2. The average molecular weight is 276 g/mol. The first-order chi connectivity index (χ1) is 9.83. The molecule has 0 aromatic carbocycles. The van der Waals surface area contributed by atoms with Crippen LogP contribution in [0.3, 0.4) is 0 Å². The van der Waals surface area contributed by atoms with Crippen LogP contribution in [0.25, 0.3) is 0 Å². The normalized spacial score (nSPS) is 21.9. The molecule has 3 rings (SSSR count). The van der Waals surface area contributed by atoms with Gasteiger partial charge < -0.3 is 15.2 Å². The summed E-state index contributed by atoms with van der Waals surface area (Å²) in [6, 6.07) is 0.540. The van der Waals surface area contributed by atoms with Crippen molar-refractivity contribution >= 4 is 6.03 Å². The Balaban J connectivity index is 1.46. The maximum absolute atomic E-state index is 12.3. The lowest BCUT2D eigenvalue weighted by molar-refractivity contribution is 0.174. The molecule has 2 fully saturated rings. The standard InChI is InChI=1S/C15H24N4O/c20-15(18-13-4-2-1-3-5-13)19-8-6-12(7-9-19)14-10-16-11-17-14/h10-13H,1-9H2,(H,16,17)(H,18,20). The molecule has 1 aliphatic heterocycles.